The molecule has 0 radical (unpaired) electrons. The number of ether oxygens (including phenoxy) is 1. The molecule has 2 aromatic heterocycles. The fourth-order valence-electron chi connectivity index (χ4n) is 2.83. The molecule has 4 rings (SSSR count). The van der Waals surface area contributed by atoms with Crippen molar-refractivity contribution in [3.05, 3.63) is 47.8 Å². The van der Waals surface area contributed by atoms with Crippen LogP contribution in [0, 0.1) is 11.3 Å². The van der Waals surface area contributed by atoms with E-state index in [0.29, 0.717) is 11.5 Å². The third-order valence-electron chi connectivity index (χ3n) is 4.60. The minimum absolute atomic E-state index is 0.123. The molecule has 0 amide bonds. The van der Waals surface area contributed by atoms with Crippen molar-refractivity contribution in [2.75, 3.05) is 0 Å². The normalized spacial score (nSPS) is 15.1. The molecule has 1 aromatic carbocycles. The van der Waals surface area contributed by atoms with E-state index in [0.717, 1.165) is 47.7 Å². The van der Waals surface area contributed by atoms with Crippen LogP contribution < -0.4 is 4.74 Å². The summed E-state index contributed by atoms with van der Waals surface area (Å²) in [6, 6.07) is 13.7. The number of hydrogen-bond donors (Lipinski definition) is 0. The number of fused-ring (bicyclic) bond motifs is 1. The number of nitriles is 1. The zero-order chi connectivity index (χ0) is 17.4. The molecule has 2 heterocycles. The van der Waals surface area contributed by atoms with E-state index in [1.54, 1.807) is 6.07 Å². The van der Waals surface area contributed by atoms with Gasteiger partial charge in [0.05, 0.1) is 23.4 Å². The van der Waals surface area contributed by atoms with Crippen LogP contribution in [0.5, 0.6) is 5.75 Å². The number of nitrogens with zero attached hydrogens (tertiary/aromatic N) is 4. The fraction of sp³-hybridized carbons (Fsp3) is 0.350. The molecule has 1 atom stereocenters. The predicted molar refractivity (Wildman–Crippen MR) is 95.5 cm³/mol. The van der Waals surface area contributed by atoms with Crippen LogP contribution in [0.4, 0.5) is 0 Å². The van der Waals surface area contributed by atoms with Crippen molar-refractivity contribution >= 4 is 5.65 Å². The van der Waals surface area contributed by atoms with Gasteiger partial charge in [-0.05, 0) is 50.5 Å². The van der Waals surface area contributed by atoms with Gasteiger partial charge in [-0.2, -0.15) is 10.4 Å². The third kappa shape index (κ3) is 2.96. The highest BCUT2D eigenvalue weighted by Gasteiger charge is 2.29. The van der Waals surface area contributed by atoms with Gasteiger partial charge in [-0.3, -0.25) is 0 Å². The Kier molecular flexibility index (Phi) is 3.89. The summed E-state index contributed by atoms with van der Waals surface area (Å²) in [6.45, 7) is 4.15. The van der Waals surface area contributed by atoms with Crippen molar-refractivity contribution in [2.24, 2.45) is 0 Å². The molecule has 0 saturated heterocycles. The van der Waals surface area contributed by atoms with Crippen molar-refractivity contribution in [1.29, 1.82) is 5.26 Å². The summed E-state index contributed by atoms with van der Waals surface area (Å²) in [5.74, 6) is 2.11. The first kappa shape index (κ1) is 15.6. The molecule has 3 aromatic rings. The molecular formula is C20H20N4O. The van der Waals surface area contributed by atoms with Crippen molar-refractivity contribution in [3.8, 4) is 23.1 Å². The lowest BCUT2D eigenvalue weighted by atomic mass is 10.1. The van der Waals surface area contributed by atoms with E-state index in [1.807, 2.05) is 34.8 Å². The summed E-state index contributed by atoms with van der Waals surface area (Å²) in [6.07, 6.45) is 3.36. The first-order valence-electron chi connectivity index (χ1n) is 8.76. The molecule has 0 N–H and O–H groups in total. The Morgan fingerprint density at radius 1 is 1.32 bits per heavy atom. The lowest BCUT2D eigenvalue weighted by Gasteiger charge is -2.14. The van der Waals surface area contributed by atoms with Gasteiger partial charge in [-0.15, -0.1) is 0 Å². The number of rotatable bonds is 5. The van der Waals surface area contributed by atoms with Crippen LogP contribution in [0.15, 0.2) is 36.4 Å². The van der Waals surface area contributed by atoms with Gasteiger partial charge in [-0.1, -0.05) is 19.1 Å². The van der Waals surface area contributed by atoms with E-state index in [-0.39, 0.29) is 6.10 Å². The lowest BCUT2D eigenvalue weighted by Crippen LogP contribution is -2.11. The molecule has 25 heavy (non-hydrogen) atoms. The second kappa shape index (κ2) is 6.21. The zero-order valence-electron chi connectivity index (χ0n) is 14.4. The predicted octanol–water partition coefficient (Wildman–Crippen LogP) is 4.32. The van der Waals surface area contributed by atoms with Gasteiger partial charge in [0.25, 0.3) is 0 Å². The summed E-state index contributed by atoms with van der Waals surface area (Å²) >= 11 is 0. The molecule has 126 valence electrons. The highest BCUT2D eigenvalue weighted by Crippen LogP contribution is 2.39. The highest BCUT2D eigenvalue weighted by atomic mass is 16.5. The molecule has 5 heteroatoms. The minimum Gasteiger partial charge on any atom is -0.487 e. The molecule has 1 aliphatic rings. The van der Waals surface area contributed by atoms with Crippen molar-refractivity contribution < 1.29 is 4.74 Å². The Morgan fingerprint density at radius 3 is 2.88 bits per heavy atom. The monoisotopic (exact) mass is 332 g/mol. The van der Waals surface area contributed by atoms with Gasteiger partial charge in [0.2, 0.25) is 0 Å². The molecule has 0 bridgehead atoms. The Labute approximate surface area is 146 Å². The van der Waals surface area contributed by atoms with E-state index in [2.05, 4.69) is 19.9 Å². The van der Waals surface area contributed by atoms with Crippen molar-refractivity contribution in [1.82, 2.24) is 14.6 Å². The number of pyridine rings is 1. The summed E-state index contributed by atoms with van der Waals surface area (Å²) in [5, 5.41) is 13.9. The minimum atomic E-state index is 0.123. The first-order chi connectivity index (χ1) is 12.2. The van der Waals surface area contributed by atoms with Crippen LogP contribution in [0.1, 0.15) is 50.4 Å². The molecular weight excluding hydrogens is 312 g/mol. The summed E-state index contributed by atoms with van der Waals surface area (Å²) < 4.78 is 7.91. The second-order valence-corrected chi connectivity index (χ2v) is 6.59. The third-order valence-corrected chi connectivity index (χ3v) is 4.60. The van der Waals surface area contributed by atoms with Gasteiger partial charge in [0.15, 0.2) is 17.2 Å². The van der Waals surface area contributed by atoms with Crippen LogP contribution in [-0.4, -0.2) is 20.7 Å². The van der Waals surface area contributed by atoms with Crippen LogP contribution in [0.3, 0.4) is 0 Å². The second-order valence-electron chi connectivity index (χ2n) is 6.59. The SMILES string of the molecule is CCC(C)Oc1ccc(-c2cccc(C#N)c2)n2nc(C3CC3)nc12. The molecule has 1 unspecified atom stereocenters. The van der Waals surface area contributed by atoms with Gasteiger partial charge < -0.3 is 4.74 Å². The van der Waals surface area contributed by atoms with Crippen molar-refractivity contribution in [2.45, 2.75) is 45.1 Å². The lowest BCUT2D eigenvalue weighted by molar-refractivity contribution is 0.219. The number of aromatic nitrogens is 3. The van der Waals surface area contributed by atoms with Crippen LogP contribution in [-0.2, 0) is 0 Å². The van der Waals surface area contributed by atoms with E-state index < -0.39 is 0 Å². The molecule has 1 aliphatic carbocycles. The van der Waals surface area contributed by atoms with Gasteiger partial charge in [0, 0.05) is 11.5 Å². The van der Waals surface area contributed by atoms with Crippen LogP contribution >= 0.6 is 0 Å². The maximum Gasteiger partial charge on any atom is 0.198 e. The molecule has 1 fully saturated rings. The zero-order valence-corrected chi connectivity index (χ0v) is 14.4. The Bertz CT molecular complexity index is 965. The molecule has 0 aliphatic heterocycles. The van der Waals surface area contributed by atoms with Crippen LogP contribution in [0.2, 0.25) is 0 Å². The summed E-state index contributed by atoms with van der Waals surface area (Å²) in [7, 11) is 0. The van der Waals surface area contributed by atoms with Gasteiger partial charge >= 0.3 is 0 Å². The van der Waals surface area contributed by atoms with E-state index in [9.17, 15) is 5.26 Å². The summed E-state index contributed by atoms with van der Waals surface area (Å²) in [5.41, 5.74) is 3.25. The standard InChI is InChI=1S/C20H20N4O/c1-3-13(2)25-18-10-9-17(16-6-4-5-14(11-16)12-21)24-20(18)22-19(23-24)15-7-8-15/h4-6,9-11,13,15H,3,7-8H2,1-2H3. The molecule has 1 saturated carbocycles. The van der Waals surface area contributed by atoms with Crippen molar-refractivity contribution in [3.63, 3.8) is 0 Å². The number of hydrogen-bond acceptors (Lipinski definition) is 4. The average molecular weight is 332 g/mol. The largest absolute Gasteiger partial charge is 0.487 e. The van der Waals surface area contributed by atoms with Gasteiger partial charge in [-0.25, -0.2) is 9.50 Å². The van der Waals surface area contributed by atoms with Gasteiger partial charge in [0.1, 0.15) is 0 Å². The highest BCUT2D eigenvalue weighted by molar-refractivity contribution is 5.68. The quantitative estimate of drug-likeness (QED) is 0.698. The van der Waals surface area contributed by atoms with E-state index in [1.165, 1.54) is 0 Å². The smallest absolute Gasteiger partial charge is 0.198 e. The summed E-state index contributed by atoms with van der Waals surface area (Å²) in [4.78, 5) is 4.75. The topological polar surface area (TPSA) is 63.2 Å². The van der Waals surface area contributed by atoms with Crippen LogP contribution in [0.25, 0.3) is 16.9 Å². The average Bonchev–Trinajstić information content (AvgIpc) is 3.40. The molecule has 5 nitrogen and oxygen atoms in total. The Morgan fingerprint density at radius 2 is 2.16 bits per heavy atom. The number of benzene rings is 1. The van der Waals surface area contributed by atoms with E-state index >= 15 is 0 Å². The maximum absolute atomic E-state index is 9.17. The Balaban J connectivity index is 1.87. The molecule has 0 spiro atoms. The fourth-order valence-corrected chi connectivity index (χ4v) is 2.83. The Hall–Kier alpha value is -2.87. The maximum atomic E-state index is 9.17. The van der Waals surface area contributed by atoms with E-state index in [4.69, 9.17) is 14.8 Å². The first-order valence-corrected chi connectivity index (χ1v) is 8.76.